The van der Waals surface area contributed by atoms with E-state index in [1.165, 1.54) is 18.2 Å². The Morgan fingerprint density at radius 2 is 1.94 bits per heavy atom. The molecule has 0 saturated heterocycles. The van der Waals surface area contributed by atoms with Crippen molar-refractivity contribution >= 4 is 19.7 Å². The number of alkyl halides is 3. The highest BCUT2D eigenvalue weighted by molar-refractivity contribution is 8.16. The van der Waals surface area contributed by atoms with Crippen LogP contribution in [0.15, 0.2) is 35.7 Å². The predicted molar refractivity (Wildman–Crippen MR) is 59.1 cm³/mol. The summed E-state index contributed by atoms with van der Waals surface area (Å²) in [7, 11) is 1.15. The molecule has 0 unspecified atom stereocenters. The minimum atomic E-state index is -4.40. The predicted octanol–water partition coefficient (Wildman–Crippen LogP) is 3.33. The van der Waals surface area contributed by atoms with Crippen LogP contribution in [0.5, 0.6) is 0 Å². The van der Waals surface area contributed by atoms with Crippen LogP contribution in [-0.2, 0) is 21.6 Å². The van der Waals surface area contributed by atoms with Gasteiger partial charge in [-0.3, -0.25) is 0 Å². The summed E-state index contributed by atoms with van der Waals surface area (Å²) in [5, 5.41) is 0.745. The molecule has 0 aliphatic heterocycles. The first kappa shape index (κ1) is 14.1. The molecule has 0 radical (unpaired) electrons. The lowest BCUT2D eigenvalue weighted by atomic mass is 10.1. The zero-order chi connectivity index (χ0) is 13.1. The van der Waals surface area contributed by atoms with E-state index in [2.05, 4.69) is 0 Å². The minimum Gasteiger partial charge on any atom is -0.208 e. The fourth-order valence-electron chi connectivity index (χ4n) is 1.17. The standard InChI is InChI=1S/C10H8ClF3O2S/c11-17(15,16)6-2-4-8-3-1-5-9(7-8)10(12,13)14/h1-3,5-7H,4H2/b6-2-. The van der Waals surface area contributed by atoms with Gasteiger partial charge >= 0.3 is 6.18 Å². The maximum Gasteiger partial charge on any atom is 0.416 e. The number of rotatable bonds is 3. The van der Waals surface area contributed by atoms with Gasteiger partial charge in [0, 0.05) is 16.1 Å². The summed E-state index contributed by atoms with van der Waals surface area (Å²) in [4.78, 5) is 0. The summed E-state index contributed by atoms with van der Waals surface area (Å²) < 4.78 is 58.1. The second-order valence-electron chi connectivity index (χ2n) is 3.25. The highest BCUT2D eigenvalue weighted by Crippen LogP contribution is 2.29. The molecule has 7 heteroatoms. The second-order valence-corrected chi connectivity index (χ2v) is 5.76. The van der Waals surface area contributed by atoms with E-state index in [-0.39, 0.29) is 6.42 Å². The quantitative estimate of drug-likeness (QED) is 0.798. The van der Waals surface area contributed by atoms with Gasteiger partial charge in [0.05, 0.1) is 5.56 Å². The molecule has 1 aromatic carbocycles. The van der Waals surface area contributed by atoms with Gasteiger partial charge < -0.3 is 0 Å². The molecule has 17 heavy (non-hydrogen) atoms. The smallest absolute Gasteiger partial charge is 0.208 e. The Kier molecular flexibility index (Phi) is 4.21. The molecule has 0 saturated carbocycles. The van der Waals surface area contributed by atoms with E-state index in [0.29, 0.717) is 5.56 Å². The van der Waals surface area contributed by atoms with Crippen molar-refractivity contribution < 1.29 is 21.6 Å². The number of hydrogen-bond acceptors (Lipinski definition) is 2. The third-order valence-corrected chi connectivity index (χ3v) is 2.69. The Morgan fingerprint density at radius 3 is 2.47 bits per heavy atom. The monoisotopic (exact) mass is 284 g/mol. The van der Waals surface area contributed by atoms with E-state index in [1.54, 1.807) is 0 Å². The van der Waals surface area contributed by atoms with Crippen molar-refractivity contribution in [1.29, 1.82) is 0 Å². The van der Waals surface area contributed by atoms with E-state index in [9.17, 15) is 21.6 Å². The van der Waals surface area contributed by atoms with Gasteiger partial charge in [-0.25, -0.2) is 8.42 Å². The molecule has 0 fully saturated rings. The van der Waals surface area contributed by atoms with Gasteiger partial charge in [-0.15, -0.1) is 0 Å². The Balaban J connectivity index is 2.84. The molecule has 2 nitrogen and oxygen atoms in total. The molecule has 1 rings (SSSR count). The van der Waals surface area contributed by atoms with Crippen molar-refractivity contribution in [2.45, 2.75) is 12.6 Å². The Morgan fingerprint density at radius 1 is 1.29 bits per heavy atom. The fraction of sp³-hybridized carbons (Fsp3) is 0.200. The molecule has 94 valence electrons. The summed E-state index contributed by atoms with van der Waals surface area (Å²) in [6, 6.07) is 4.65. The SMILES string of the molecule is O=S(=O)(Cl)/C=C\Cc1cccc(C(F)(F)F)c1. The Labute approximate surface area is 101 Å². The number of hydrogen-bond donors (Lipinski definition) is 0. The van der Waals surface area contributed by atoms with Gasteiger partial charge in [0.2, 0.25) is 0 Å². The van der Waals surface area contributed by atoms with Crippen LogP contribution in [0.4, 0.5) is 13.2 Å². The normalized spacial score (nSPS) is 13.2. The van der Waals surface area contributed by atoms with Crippen LogP contribution in [0.2, 0.25) is 0 Å². The summed E-state index contributed by atoms with van der Waals surface area (Å²) in [5.41, 5.74) is -0.409. The third-order valence-electron chi connectivity index (χ3n) is 1.87. The first-order valence-electron chi connectivity index (χ1n) is 4.46. The molecule has 0 N–H and O–H groups in total. The zero-order valence-electron chi connectivity index (χ0n) is 8.41. The first-order valence-corrected chi connectivity index (χ1v) is 6.83. The molecular weight excluding hydrogens is 277 g/mol. The van der Waals surface area contributed by atoms with Crippen LogP contribution in [0.1, 0.15) is 11.1 Å². The average molecular weight is 285 g/mol. The summed E-state index contributed by atoms with van der Waals surface area (Å²) >= 11 is 0. The molecular formula is C10H8ClF3O2S. The van der Waals surface area contributed by atoms with E-state index >= 15 is 0 Å². The van der Waals surface area contributed by atoms with Crippen LogP contribution >= 0.6 is 10.7 Å². The van der Waals surface area contributed by atoms with E-state index in [1.807, 2.05) is 0 Å². The largest absolute Gasteiger partial charge is 0.416 e. The molecule has 0 bridgehead atoms. The van der Waals surface area contributed by atoms with Gasteiger partial charge in [-0.05, 0) is 18.1 Å². The zero-order valence-corrected chi connectivity index (χ0v) is 9.98. The van der Waals surface area contributed by atoms with Crippen LogP contribution < -0.4 is 0 Å². The van der Waals surface area contributed by atoms with Crippen LogP contribution in [-0.4, -0.2) is 8.42 Å². The lowest BCUT2D eigenvalue weighted by molar-refractivity contribution is -0.137. The number of benzene rings is 1. The number of allylic oxidation sites excluding steroid dienone is 1. The third kappa shape index (κ3) is 5.23. The topological polar surface area (TPSA) is 34.1 Å². The van der Waals surface area contributed by atoms with Crippen LogP contribution in [0.25, 0.3) is 0 Å². The molecule has 1 aromatic rings. The van der Waals surface area contributed by atoms with Crippen molar-refractivity contribution in [3.8, 4) is 0 Å². The van der Waals surface area contributed by atoms with Crippen molar-refractivity contribution in [2.75, 3.05) is 0 Å². The van der Waals surface area contributed by atoms with Crippen LogP contribution in [0.3, 0.4) is 0 Å². The van der Waals surface area contributed by atoms with Gasteiger partial charge in [-0.1, -0.05) is 24.3 Å². The van der Waals surface area contributed by atoms with Gasteiger partial charge in [0.1, 0.15) is 0 Å². The Hall–Kier alpha value is -1.01. The second kappa shape index (κ2) is 5.10. The molecule has 0 aliphatic carbocycles. The van der Waals surface area contributed by atoms with Crippen LogP contribution in [0, 0.1) is 0 Å². The molecule has 0 aromatic heterocycles. The molecule has 0 amide bonds. The molecule has 0 spiro atoms. The van der Waals surface area contributed by atoms with E-state index in [0.717, 1.165) is 17.5 Å². The van der Waals surface area contributed by atoms with E-state index in [4.69, 9.17) is 10.7 Å². The summed E-state index contributed by atoms with van der Waals surface area (Å²) in [5.74, 6) is 0. The maximum absolute atomic E-state index is 12.3. The van der Waals surface area contributed by atoms with Gasteiger partial charge in [0.15, 0.2) is 0 Å². The van der Waals surface area contributed by atoms with Crippen molar-refractivity contribution in [1.82, 2.24) is 0 Å². The summed E-state index contributed by atoms with van der Waals surface area (Å²) in [6.45, 7) is 0. The average Bonchev–Trinajstić information content (AvgIpc) is 2.15. The van der Waals surface area contributed by atoms with E-state index < -0.39 is 20.8 Å². The lowest BCUT2D eigenvalue weighted by Crippen LogP contribution is -2.04. The van der Waals surface area contributed by atoms with Gasteiger partial charge in [0.25, 0.3) is 9.05 Å². The van der Waals surface area contributed by atoms with Crippen molar-refractivity contribution in [3.63, 3.8) is 0 Å². The Bertz CT molecular complexity index is 521. The molecule has 0 atom stereocenters. The molecule has 0 heterocycles. The lowest BCUT2D eigenvalue weighted by Gasteiger charge is -2.07. The van der Waals surface area contributed by atoms with Crippen molar-refractivity contribution in [2.24, 2.45) is 0 Å². The highest BCUT2D eigenvalue weighted by Gasteiger charge is 2.30. The minimum absolute atomic E-state index is 0.0653. The van der Waals surface area contributed by atoms with Gasteiger partial charge in [-0.2, -0.15) is 13.2 Å². The molecule has 0 aliphatic rings. The highest BCUT2D eigenvalue weighted by atomic mass is 35.7. The number of halogens is 4. The first-order chi connectivity index (χ1) is 7.68. The van der Waals surface area contributed by atoms with Crippen molar-refractivity contribution in [3.05, 3.63) is 46.9 Å². The maximum atomic E-state index is 12.3. The fourth-order valence-corrected chi connectivity index (χ4v) is 1.72. The summed E-state index contributed by atoms with van der Waals surface area (Å²) in [6.07, 6.45) is -3.15.